The molecule has 62 heavy (non-hydrogen) atoms. The third kappa shape index (κ3) is 4.61. The molecule has 296 valence electrons. The molecule has 4 heteroatoms. The maximum atomic E-state index is 2.81. The number of unbranched alkanes of at least 4 members (excludes halogenated alkanes) is 4. The predicted molar refractivity (Wildman–Crippen MR) is 270 cm³/mol. The standard InChI is InChI=1S/C58H45BN2S/c1-3-5-9-17-34-25-26-48-41(27-34)42-28-35(18-10-6-4-2)29-45-50-51-40-23-15-16-24-49(40)62-58(51)52-46-32-38(36-19-11-7-12-20-36)30-43-44-31-39(37-21-13-8-14-22-37)33-47-56(44)60(54(43)46)57(52)53(50)59(47)61(48)55(42)45/h7-8,11-16,19-33H,3-6,9-10,17-18H2,1-2H3. The summed E-state index contributed by atoms with van der Waals surface area (Å²) in [5.74, 6) is 0. The molecular formula is C58H45BN2S. The second-order valence-corrected chi connectivity index (χ2v) is 19.4. The summed E-state index contributed by atoms with van der Waals surface area (Å²) in [4.78, 5) is 0. The second kappa shape index (κ2) is 13.1. The Morgan fingerprint density at radius 3 is 1.89 bits per heavy atom. The summed E-state index contributed by atoms with van der Waals surface area (Å²) in [5, 5.41) is 11.2. The Balaban J connectivity index is 1.22. The molecule has 2 aliphatic heterocycles. The van der Waals surface area contributed by atoms with Gasteiger partial charge in [0.15, 0.2) is 0 Å². The predicted octanol–water partition coefficient (Wildman–Crippen LogP) is 15.1. The minimum Gasteiger partial charge on any atom is -0.375 e. The van der Waals surface area contributed by atoms with Gasteiger partial charge in [-0.15, -0.1) is 11.3 Å². The monoisotopic (exact) mass is 812 g/mol. The van der Waals surface area contributed by atoms with E-state index in [9.17, 15) is 0 Å². The van der Waals surface area contributed by atoms with Gasteiger partial charge >= 0.3 is 6.85 Å². The highest BCUT2D eigenvalue weighted by atomic mass is 32.1. The molecule has 14 rings (SSSR count). The summed E-state index contributed by atoms with van der Waals surface area (Å²) in [5.41, 5.74) is 20.7. The van der Waals surface area contributed by atoms with E-state index in [0.29, 0.717) is 0 Å². The Bertz CT molecular complexity index is 3830. The van der Waals surface area contributed by atoms with Crippen LogP contribution in [0.4, 0.5) is 0 Å². The van der Waals surface area contributed by atoms with Crippen LogP contribution in [0.15, 0.2) is 140 Å². The van der Waals surface area contributed by atoms with Crippen molar-refractivity contribution < 1.29 is 0 Å². The van der Waals surface area contributed by atoms with Crippen molar-refractivity contribution in [3.8, 4) is 33.4 Å². The first-order valence-electron chi connectivity index (χ1n) is 23.1. The van der Waals surface area contributed by atoms with E-state index in [1.54, 1.807) is 0 Å². The second-order valence-electron chi connectivity index (χ2n) is 18.3. The molecule has 2 nitrogen and oxygen atoms in total. The summed E-state index contributed by atoms with van der Waals surface area (Å²) in [7, 11) is 0. The van der Waals surface area contributed by atoms with Crippen molar-refractivity contribution in [2.45, 2.75) is 65.2 Å². The summed E-state index contributed by atoms with van der Waals surface area (Å²) < 4.78 is 8.34. The third-order valence-corrected chi connectivity index (χ3v) is 16.0. The maximum Gasteiger partial charge on any atom is 0.333 e. The average Bonchev–Trinajstić information content (AvgIpc) is 4.06. The Kier molecular flexibility index (Phi) is 7.44. The SMILES string of the molecule is CCCCCc1ccc2c(c1)c1cc(CCCCC)cc3c1n2B1c2cc(-c4ccccc4)cc4c5cc(-c6ccccc6)cc6c7c8sc9ccccc9c8c-3c1c7n(c24)c56. The first-order chi connectivity index (χ1) is 30.7. The topological polar surface area (TPSA) is 9.34 Å². The number of rotatable bonds is 10. The van der Waals surface area contributed by atoms with Gasteiger partial charge in [0.2, 0.25) is 0 Å². The Labute approximate surface area is 365 Å². The first kappa shape index (κ1) is 35.3. The molecule has 0 radical (unpaired) electrons. The zero-order chi connectivity index (χ0) is 40.8. The molecular weight excluding hydrogens is 768 g/mol. The molecule has 0 atom stereocenters. The number of aromatic nitrogens is 2. The smallest absolute Gasteiger partial charge is 0.333 e. The maximum absolute atomic E-state index is 2.81. The third-order valence-electron chi connectivity index (χ3n) is 14.8. The molecule has 0 bridgehead atoms. The lowest BCUT2D eigenvalue weighted by Gasteiger charge is -2.32. The Hall–Kier alpha value is -6.36. The lowest BCUT2D eigenvalue weighted by Crippen LogP contribution is -2.54. The van der Waals surface area contributed by atoms with Crippen LogP contribution in [0.3, 0.4) is 0 Å². The highest BCUT2D eigenvalue weighted by Crippen LogP contribution is 2.53. The normalized spacial score (nSPS) is 13.2. The van der Waals surface area contributed by atoms with Crippen LogP contribution in [0.5, 0.6) is 0 Å². The van der Waals surface area contributed by atoms with E-state index in [2.05, 4.69) is 162 Å². The van der Waals surface area contributed by atoms with Crippen molar-refractivity contribution >= 4 is 109 Å². The summed E-state index contributed by atoms with van der Waals surface area (Å²) >= 11 is 2.00. The Morgan fingerprint density at radius 2 is 1.13 bits per heavy atom. The van der Waals surface area contributed by atoms with Crippen molar-refractivity contribution in [1.29, 1.82) is 0 Å². The number of nitrogens with zero attached hydrogens (tertiary/aromatic N) is 2. The number of thiophene rings is 1. The molecule has 0 amide bonds. The summed E-state index contributed by atoms with van der Waals surface area (Å²) in [6.07, 6.45) is 9.68. The molecule has 0 saturated carbocycles. The molecule has 0 saturated heterocycles. The van der Waals surface area contributed by atoms with Gasteiger partial charge in [-0.05, 0) is 124 Å². The fraction of sp³-hybridized carbons (Fsp3) is 0.172. The van der Waals surface area contributed by atoms with E-state index in [0.717, 1.165) is 12.8 Å². The molecule has 12 aromatic rings. The first-order valence-corrected chi connectivity index (χ1v) is 23.9. The minimum atomic E-state index is 0.0109. The molecule has 0 aliphatic carbocycles. The van der Waals surface area contributed by atoms with Crippen LogP contribution in [-0.4, -0.2) is 15.7 Å². The fourth-order valence-electron chi connectivity index (χ4n) is 12.1. The van der Waals surface area contributed by atoms with Crippen molar-refractivity contribution in [3.63, 3.8) is 0 Å². The van der Waals surface area contributed by atoms with E-state index in [1.807, 2.05) is 11.3 Å². The van der Waals surface area contributed by atoms with E-state index in [-0.39, 0.29) is 6.85 Å². The Morgan fingerprint density at radius 1 is 0.484 bits per heavy atom. The molecule has 6 heterocycles. The molecule has 4 aromatic heterocycles. The average molecular weight is 813 g/mol. The number of fused-ring (bicyclic) bond motifs is 13. The van der Waals surface area contributed by atoms with Gasteiger partial charge in [-0.2, -0.15) is 0 Å². The van der Waals surface area contributed by atoms with Crippen LogP contribution in [0.2, 0.25) is 0 Å². The molecule has 0 spiro atoms. The molecule has 0 unspecified atom stereocenters. The van der Waals surface area contributed by atoms with Crippen LogP contribution in [0.25, 0.3) is 113 Å². The van der Waals surface area contributed by atoms with E-state index >= 15 is 0 Å². The highest BCUT2D eigenvalue weighted by molar-refractivity contribution is 7.27. The van der Waals surface area contributed by atoms with Crippen molar-refractivity contribution in [3.05, 3.63) is 151 Å². The van der Waals surface area contributed by atoms with Gasteiger partial charge in [0.05, 0.1) is 16.6 Å². The fourth-order valence-corrected chi connectivity index (χ4v) is 13.4. The van der Waals surface area contributed by atoms with E-state index in [4.69, 9.17) is 0 Å². The van der Waals surface area contributed by atoms with Crippen molar-refractivity contribution in [2.75, 3.05) is 0 Å². The zero-order valence-corrected chi connectivity index (χ0v) is 36.1. The molecule has 2 aliphatic rings. The van der Waals surface area contributed by atoms with Gasteiger partial charge in [0.25, 0.3) is 0 Å². The number of hydrogen-bond donors (Lipinski definition) is 0. The van der Waals surface area contributed by atoms with Crippen LogP contribution < -0.4 is 10.9 Å². The van der Waals surface area contributed by atoms with Crippen LogP contribution >= 0.6 is 11.3 Å². The number of hydrogen-bond acceptors (Lipinski definition) is 1. The summed E-state index contributed by atoms with van der Waals surface area (Å²) in [6, 6.07) is 54.3. The minimum absolute atomic E-state index is 0.0109. The quantitative estimate of drug-likeness (QED) is 0.0961. The van der Waals surface area contributed by atoms with Crippen LogP contribution in [-0.2, 0) is 12.8 Å². The van der Waals surface area contributed by atoms with Gasteiger partial charge in [-0.25, -0.2) is 0 Å². The summed E-state index contributed by atoms with van der Waals surface area (Å²) in [6.45, 7) is 4.65. The van der Waals surface area contributed by atoms with Crippen LogP contribution in [0, 0.1) is 0 Å². The van der Waals surface area contributed by atoms with Gasteiger partial charge < -0.3 is 8.88 Å². The zero-order valence-electron chi connectivity index (χ0n) is 35.3. The number of aryl methyl sites for hydroxylation is 2. The van der Waals surface area contributed by atoms with Crippen molar-refractivity contribution in [2.24, 2.45) is 0 Å². The van der Waals surface area contributed by atoms with Crippen molar-refractivity contribution in [1.82, 2.24) is 8.88 Å². The van der Waals surface area contributed by atoms with Gasteiger partial charge in [0, 0.05) is 69.1 Å². The lowest BCUT2D eigenvalue weighted by molar-refractivity contribution is 0.718. The molecule has 0 fully saturated rings. The van der Waals surface area contributed by atoms with E-state index < -0.39 is 0 Å². The van der Waals surface area contributed by atoms with Gasteiger partial charge in [-0.3, -0.25) is 0 Å². The van der Waals surface area contributed by atoms with Gasteiger partial charge in [-0.1, -0.05) is 131 Å². The van der Waals surface area contributed by atoms with E-state index in [1.165, 1.54) is 174 Å². The highest BCUT2D eigenvalue weighted by Gasteiger charge is 2.44. The van der Waals surface area contributed by atoms with Crippen LogP contribution in [0.1, 0.15) is 63.5 Å². The van der Waals surface area contributed by atoms with Gasteiger partial charge in [0.1, 0.15) is 0 Å². The lowest BCUT2D eigenvalue weighted by atomic mass is 9.45. The molecule has 0 N–H and O–H groups in total. The largest absolute Gasteiger partial charge is 0.375 e. The number of benzene rings is 8. The molecule has 8 aromatic carbocycles.